The maximum absolute atomic E-state index is 11.9. The van der Waals surface area contributed by atoms with Gasteiger partial charge >= 0.3 is 0 Å². The van der Waals surface area contributed by atoms with Crippen molar-refractivity contribution in [1.29, 1.82) is 0 Å². The summed E-state index contributed by atoms with van der Waals surface area (Å²) in [4.78, 5) is 19.9. The first-order valence-electron chi connectivity index (χ1n) is 4.80. The van der Waals surface area contributed by atoms with Crippen molar-refractivity contribution < 1.29 is 4.79 Å². The number of amides is 1. The molecule has 1 N–H and O–H groups in total. The third-order valence-corrected chi connectivity index (χ3v) is 3.01. The number of nitrogens with zero attached hydrogens (tertiary/aromatic N) is 2. The van der Waals surface area contributed by atoms with Gasteiger partial charge in [0.15, 0.2) is 5.82 Å². The lowest BCUT2D eigenvalue weighted by Gasteiger charge is -2.06. The fourth-order valence-electron chi connectivity index (χ4n) is 1.23. The predicted molar refractivity (Wildman–Crippen MR) is 74.1 cm³/mol. The molecule has 4 nitrogen and oxygen atoms in total. The van der Waals surface area contributed by atoms with Crippen molar-refractivity contribution in [3.05, 3.63) is 50.8 Å². The van der Waals surface area contributed by atoms with Gasteiger partial charge in [0.25, 0.3) is 5.91 Å². The average Bonchev–Trinajstić information content (AvgIpc) is 2.35. The Morgan fingerprint density at radius 3 is 2.67 bits per heavy atom. The minimum absolute atomic E-state index is 0.286. The Morgan fingerprint density at radius 1 is 1.22 bits per heavy atom. The highest BCUT2D eigenvalue weighted by molar-refractivity contribution is 9.10. The number of aromatic nitrogens is 2. The standard InChI is InChI=1S/C11H6BrCl2N3O/c12-9-4-16-10(5-15-9)17-11(18)7-3-6(13)1-2-8(7)14/h1-5H,(H,16,17,18). The third-order valence-electron chi connectivity index (χ3n) is 2.03. The Balaban J connectivity index is 2.21. The lowest BCUT2D eigenvalue weighted by molar-refractivity contribution is 0.102. The van der Waals surface area contributed by atoms with Gasteiger partial charge in [-0.2, -0.15) is 0 Å². The summed E-state index contributed by atoms with van der Waals surface area (Å²) >= 11 is 14.9. The molecule has 0 fully saturated rings. The van der Waals surface area contributed by atoms with E-state index in [2.05, 4.69) is 31.2 Å². The van der Waals surface area contributed by atoms with Crippen LogP contribution in [0, 0.1) is 0 Å². The zero-order chi connectivity index (χ0) is 13.1. The molecule has 18 heavy (non-hydrogen) atoms. The number of hydrogen-bond donors (Lipinski definition) is 1. The van der Waals surface area contributed by atoms with E-state index in [-0.39, 0.29) is 11.5 Å². The van der Waals surface area contributed by atoms with Crippen LogP contribution < -0.4 is 5.32 Å². The van der Waals surface area contributed by atoms with E-state index in [9.17, 15) is 4.79 Å². The first-order chi connectivity index (χ1) is 8.56. The molecule has 2 aromatic rings. The summed E-state index contributed by atoms with van der Waals surface area (Å²) in [5.41, 5.74) is 0.286. The minimum atomic E-state index is -0.390. The van der Waals surface area contributed by atoms with Gasteiger partial charge in [0.1, 0.15) is 4.60 Å². The first kappa shape index (κ1) is 13.3. The van der Waals surface area contributed by atoms with Gasteiger partial charge in [0, 0.05) is 5.02 Å². The van der Waals surface area contributed by atoms with E-state index in [1.807, 2.05) is 0 Å². The van der Waals surface area contributed by atoms with Gasteiger partial charge in [0.2, 0.25) is 0 Å². The second-order valence-electron chi connectivity index (χ2n) is 3.30. The van der Waals surface area contributed by atoms with Crippen molar-refractivity contribution in [3.8, 4) is 0 Å². The number of carbonyl (C=O) groups excluding carboxylic acids is 1. The summed E-state index contributed by atoms with van der Waals surface area (Å²) in [5, 5.41) is 3.33. The van der Waals surface area contributed by atoms with Crippen molar-refractivity contribution in [2.45, 2.75) is 0 Å². The minimum Gasteiger partial charge on any atom is -0.305 e. The van der Waals surface area contributed by atoms with E-state index in [1.165, 1.54) is 18.5 Å². The number of hydrogen-bond acceptors (Lipinski definition) is 3. The SMILES string of the molecule is O=C(Nc1cnc(Br)cn1)c1cc(Cl)ccc1Cl. The smallest absolute Gasteiger partial charge is 0.258 e. The van der Waals surface area contributed by atoms with Crippen molar-refractivity contribution >= 4 is 50.9 Å². The quantitative estimate of drug-likeness (QED) is 0.899. The second-order valence-corrected chi connectivity index (χ2v) is 4.96. The van der Waals surface area contributed by atoms with E-state index in [0.29, 0.717) is 20.5 Å². The van der Waals surface area contributed by atoms with Gasteiger partial charge in [-0.1, -0.05) is 23.2 Å². The van der Waals surface area contributed by atoms with Crippen molar-refractivity contribution in [3.63, 3.8) is 0 Å². The molecule has 0 atom stereocenters. The Labute approximate surface area is 121 Å². The van der Waals surface area contributed by atoms with Crippen molar-refractivity contribution in [1.82, 2.24) is 9.97 Å². The van der Waals surface area contributed by atoms with Crippen LogP contribution in [0.3, 0.4) is 0 Å². The monoisotopic (exact) mass is 345 g/mol. The van der Waals surface area contributed by atoms with Gasteiger partial charge in [0.05, 0.1) is 23.0 Å². The lowest BCUT2D eigenvalue weighted by atomic mass is 10.2. The molecule has 0 bridgehead atoms. The lowest BCUT2D eigenvalue weighted by Crippen LogP contribution is -2.13. The van der Waals surface area contributed by atoms with E-state index in [1.54, 1.807) is 12.1 Å². The van der Waals surface area contributed by atoms with Gasteiger partial charge in [-0.3, -0.25) is 4.79 Å². The number of benzene rings is 1. The van der Waals surface area contributed by atoms with Crippen LogP contribution >= 0.6 is 39.1 Å². The molecule has 1 amide bonds. The number of nitrogens with one attached hydrogen (secondary N) is 1. The Hall–Kier alpha value is -1.17. The predicted octanol–water partition coefficient (Wildman–Crippen LogP) is 3.80. The third kappa shape index (κ3) is 3.19. The van der Waals surface area contributed by atoms with Crippen LogP contribution in [-0.2, 0) is 0 Å². The second kappa shape index (κ2) is 5.65. The van der Waals surface area contributed by atoms with E-state index in [0.717, 1.165) is 0 Å². The molecular formula is C11H6BrCl2N3O. The van der Waals surface area contributed by atoms with Crippen molar-refractivity contribution in [2.75, 3.05) is 5.32 Å². The molecule has 92 valence electrons. The molecule has 0 unspecified atom stereocenters. The van der Waals surface area contributed by atoms with Crippen LogP contribution in [0.4, 0.5) is 5.82 Å². The Bertz CT molecular complexity index is 589. The zero-order valence-corrected chi connectivity index (χ0v) is 11.9. The summed E-state index contributed by atoms with van der Waals surface area (Å²) in [6, 6.07) is 4.66. The van der Waals surface area contributed by atoms with Crippen LogP contribution in [0.5, 0.6) is 0 Å². The molecule has 0 aliphatic rings. The van der Waals surface area contributed by atoms with E-state index < -0.39 is 0 Å². The molecule has 0 radical (unpaired) electrons. The summed E-state index contributed by atoms with van der Waals surface area (Å²) in [5.74, 6) is -0.0571. The molecular weight excluding hydrogens is 341 g/mol. The summed E-state index contributed by atoms with van der Waals surface area (Å²) in [6.07, 6.45) is 2.91. The van der Waals surface area contributed by atoms with Crippen LogP contribution in [0.1, 0.15) is 10.4 Å². The summed E-state index contributed by atoms with van der Waals surface area (Å²) < 4.78 is 0.585. The molecule has 2 rings (SSSR count). The molecule has 0 saturated carbocycles. The number of halogens is 3. The van der Waals surface area contributed by atoms with Crippen LogP contribution in [-0.4, -0.2) is 15.9 Å². The highest BCUT2D eigenvalue weighted by Gasteiger charge is 2.11. The average molecular weight is 347 g/mol. The van der Waals surface area contributed by atoms with Crippen LogP contribution in [0.15, 0.2) is 35.2 Å². The molecule has 0 spiro atoms. The fraction of sp³-hybridized carbons (Fsp3) is 0. The highest BCUT2D eigenvalue weighted by atomic mass is 79.9. The van der Waals surface area contributed by atoms with Crippen LogP contribution in [0.2, 0.25) is 10.0 Å². The molecule has 1 heterocycles. The van der Waals surface area contributed by atoms with Crippen LogP contribution in [0.25, 0.3) is 0 Å². The van der Waals surface area contributed by atoms with Crippen molar-refractivity contribution in [2.24, 2.45) is 0 Å². The highest BCUT2D eigenvalue weighted by Crippen LogP contribution is 2.21. The van der Waals surface area contributed by atoms with Gasteiger partial charge in [-0.25, -0.2) is 9.97 Å². The summed E-state index contributed by atoms with van der Waals surface area (Å²) in [7, 11) is 0. The molecule has 7 heteroatoms. The Morgan fingerprint density at radius 2 is 2.00 bits per heavy atom. The largest absolute Gasteiger partial charge is 0.305 e. The van der Waals surface area contributed by atoms with Gasteiger partial charge in [-0.05, 0) is 34.1 Å². The molecule has 0 aliphatic heterocycles. The van der Waals surface area contributed by atoms with Gasteiger partial charge in [-0.15, -0.1) is 0 Å². The number of rotatable bonds is 2. The zero-order valence-electron chi connectivity index (χ0n) is 8.82. The fourth-order valence-corrected chi connectivity index (χ4v) is 1.81. The first-order valence-corrected chi connectivity index (χ1v) is 6.35. The number of carbonyl (C=O) groups is 1. The maximum Gasteiger partial charge on any atom is 0.258 e. The topological polar surface area (TPSA) is 54.9 Å². The maximum atomic E-state index is 11.9. The van der Waals surface area contributed by atoms with Gasteiger partial charge < -0.3 is 5.32 Å². The summed E-state index contributed by atoms with van der Waals surface area (Å²) in [6.45, 7) is 0. The van der Waals surface area contributed by atoms with E-state index >= 15 is 0 Å². The Kier molecular flexibility index (Phi) is 4.16. The number of anilines is 1. The molecule has 0 saturated heterocycles. The van der Waals surface area contributed by atoms with E-state index in [4.69, 9.17) is 23.2 Å². The molecule has 1 aromatic carbocycles. The normalized spacial score (nSPS) is 10.2. The molecule has 1 aromatic heterocycles. The molecule has 0 aliphatic carbocycles.